The maximum atomic E-state index is 11.5. The Labute approximate surface area is 102 Å². The molecule has 0 fully saturated rings. The molecule has 0 rings (SSSR count). The van der Waals surface area contributed by atoms with E-state index in [4.69, 9.17) is 0 Å². The monoisotopic (exact) mass is 243 g/mol. The number of Topliss-reactive ketones (excluding diaryl/α,β-unsaturated/α-hetero) is 1. The van der Waals surface area contributed by atoms with Crippen molar-refractivity contribution in [2.45, 2.75) is 46.1 Å². The van der Waals surface area contributed by atoms with Crippen LogP contribution in [0.3, 0.4) is 0 Å². The second kappa shape index (κ2) is 7.81. The Morgan fingerprint density at radius 3 is 2.24 bits per heavy atom. The van der Waals surface area contributed by atoms with Crippen LogP contribution in [0.25, 0.3) is 0 Å². The average Bonchev–Trinajstić information content (AvgIpc) is 2.21. The summed E-state index contributed by atoms with van der Waals surface area (Å²) < 4.78 is 4.59. The van der Waals surface area contributed by atoms with E-state index in [0.29, 0.717) is 6.42 Å². The molecule has 1 N–H and O–H groups in total. The van der Waals surface area contributed by atoms with Crippen molar-refractivity contribution in [2.75, 3.05) is 7.11 Å². The standard InChI is InChI=1S/C12H21NO4/c1-8(2)7-11(15)13-10(12(16)17-4)6-5-9(3)14/h8,10H,5-7H2,1-4H3,(H,13,15)/t10-/m0/s1. The lowest BCUT2D eigenvalue weighted by Gasteiger charge is -2.16. The SMILES string of the molecule is COC(=O)[C@H](CCC(C)=O)NC(=O)CC(C)C. The van der Waals surface area contributed by atoms with Crippen molar-refractivity contribution in [3.63, 3.8) is 0 Å². The number of methoxy groups -OCH3 is 1. The second-order valence-corrected chi connectivity index (χ2v) is 4.48. The Morgan fingerprint density at radius 2 is 1.82 bits per heavy atom. The number of nitrogens with one attached hydrogen (secondary N) is 1. The molecule has 0 radical (unpaired) electrons. The van der Waals surface area contributed by atoms with Crippen molar-refractivity contribution in [1.82, 2.24) is 5.32 Å². The highest BCUT2D eigenvalue weighted by molar-refractivity contribution is 5.85. The summed E-state index contributed by atoms with van der Waals surface area (Å²) in [5, 5.41) is 2.59. The molecular formula is C12H21NO4. The number of carbonyl (C=O) groups excluding carboxylic acids is 3. The van der Waals surface area contributed by atoms with Gasteiger partial charge < -0.3 is 14.8 Å². The zero-order valence-electron chi connectivity index (χ0n) is 10.9. The van der Waals surface area contributed by atoms with E-state index in [1.54, 1.807) is 0 Å². The molecule has 98 valence electrons. The van der Waals surface area contributed by atoms with Crippen LogP contribution >= 0.6 is 0 Å². The van der Waals surface area contributed by atoms with Gasteiger partial charge in [0.25, 0.3) is 0 Å². The van der Waals surface area contributed by atoms with Gasteiger partial charge >= 0.3 is 5.97 Å². The van der Waals surface area contributed by atoms with Crippen molar-refractivity contribution in [1.29, 1.82) is 0 Å². The van der Waals surface area contributed by atoms with E-state index in [2.05, 4.69) is 10.1 Å². The molecule has 1 amide bonds. The summed E-state index contributed by atoms with van der Waals surface area (Å²) in [5.41, 5.74) is 0. The normalized spacial score (nSPS) is 12.1. The Balaban J connectivity index is 4.33. The van der Waals surface area contributed by atoms with Crippen LogP contribution in [0.4, 0.5) is 0 Å². The summed E-state index contributed by atoms with van der Waals surface area (Å²) in [6.07, 6.45) is 0.890. The predicted molar refractivity (Wildman–Crippen MR) is 63.3 cm³/mol. The number of esters is 1. The Kier molecular flexibility index (Phi) is 7.18. The van der Waals surface area contributed by atoms with Crippen LogP contribution in [-0.2, 0) is 19.1 Å². The van der Waals surface area contributed by atoms with E-state index in [1.165, 1.54) is 14.0 Å². The molecule has 5 heteroatoms. The van der Waals surface area contributed by atoms with Crippen LogP contribution in [-0.4, -0.2) is 30.8 Å². The molecule has 0 aliphatic heterocycles. The first-order valence-electron chi connectivity index (χ1n) is 5.73. The molecule has 0 unspecified atom stereocenters. The zero-order valence-corrected chi connectivity index (χ0v) is 10.9. The predicted octanol–water partition coefficient (Wildman–Crippen LogP) is 1.06. The molecule has 0 aromatic carbocycles. The van der Waals surface area contributed by atoms with Crippen molar-refractivity contribution >= 4 is 17.7 Å². The third kappa shape index (κ3) is 7.49. The maximum absolute atomic E-state index is 11.5. The second-order valence-electron chi connectivity index (χ2n) is 4.48. The fraction of sp³-hybridized carbons (Fsp3) is 0.750. The molecule has 0 saturated heterocycles. The average molecular weight is 243 g/mol. The van der Waals surface area contributed by atoms with Gasteiger partial charge in [0, 0.05) is 12.8 Å². The number of hydrogen-bond donors (Lipinski definition) is 1. The van der Waals surface area contributed by atoms with Crippen LogP contribution in [0, 0.1) is 5.92 Å². The van der Waals surface area contributed by atoms with Gasteiger partial charge in [-0.15, -0.1) is 0 Å². The van der Waals surface area contributed by atoms with Gasteiger partial charge in [0.05, 0.1) is 7.11 Å². The van der Waals surface area contributed by atoms with Crippen LogP contribution in [0.5, 0.6) is 0 Å². The minimum atomic E-state index is -0.727. The highest BCUT2D eigenvalue weighted by atomic mass is 16.5. The number of rotatable bonds is 7. The van der Waals surface area contributed by atoms with Gasteiger partial charge in [-0.1, -0.05) is 13.8 Å². The van der Waals surface area contributed by atoms with Crippen LogP contribution in [0.2, 0.25) is 0 Å². The lowest BCUT2D eigenvalue weighted by molar-refractivity contribution is -0.145. The van der Waals surface area contributed by atoms with E-state index >= 15 is 0 Å². The molecule has 0 aliphatic rings. The molecular weight excluding hydrogens is 222 g/mol. The summed E-state index contributed by atoms with van der Waals surface area (Å²) >= 11 is 0. The molecule has 0 saturated carbocycles. The highest BCUT2D eigenvalue weighted by Crippen LogP contribution is 2.04. The van der Waals surface area contributed by atoms with Crippen molar-refractivity contribution in [3.05, 3.63) is 0 Å². The minimum Gasteiger partial charge on any atom is -0.467 e. The van der Waals surface area contributed by atoms with Gasteiger partial charge in [0.1, 0.15) is 11.8 Å². The quantitative estimate of drug-likeness (QED) is 0.679. The molecule has 17 heavy (non-hydrogen) atoms. The minimum absolute atomic E-state index is 0.0167. The van der Waals surface area contributed by atoms with E-state index in [9.17, 15) is 14.4 Å². The van der Waals surface area contributed by atoms with E-state index in [1.807, 2.05) is 13.8 Å². The summed E-state index contributed by atoms with van der Waals surface area (Å²) in [6.45, 7) is 5.29. The first-order chi connectivity index (χ1) is 7.86. The first-order valence-corrected chi connectivity index (χ1v) is 5.73. The molecule has 0 aromatic rings. The summed E-state index contributed by atoms with van der Waals surface area (Å²) in [5.74, 6) is -0.500. The number of ketones is 1. The number of ether oxygens (including phenoxy) is 1. The first kappa shape index (κ1) is 15.6. The van der Waals surface area contributed by atoms with Gasteiger partial charge in [-0.25, -0.2) is 4.79 Å². The Bertz CT molecular complexity index is 286. The van der Waals surface area contributed by atoms with E-state index in [-0.39, 0.29) is 30.4 Å². The largest absolute Gasteiger partial charge is 0.467 e. The van der Waals surface area contributed by atoms with Gasteiger partial charge in [0.2, 0.25) is 5.91 Å². The molecule has 0 aromatic heterocycles. The van der Waals surface area contributed by atoms with Crippen molar-refractivity contribution in [2.24, 2.45) is 5.92 Å². The topological polar surface area (TPSA) is 72.5 Å². The molecule has 0 heterocycles. The lowest BCUT2D eigenvalue weighted by atomic mass is 10.1. The van der Waals surface area contributed by atoms with E-state index in [0.717, 1.165) is 0 Å². The third-order valence-corrected chi connectivity index (χ3v) is 2.20. The van der Waals surface area contributed by atoms with Gasteiger partial charge in [0.15, 0.2) is 0 Å². The van der Waals surface area contributed by atoms with Crippen LogP contribution < -0.4 is 5.32 Å². The van der Waals surface area contributed by atoms with E-state index < -0.39 is 12.0 Å². The summed E-state index contributed by atoms with van der Waals surface area (Å²) in [4.78, 5) is 33.8. The summed E-state index contributed by atoms with van der Waals surface area (Å²) in [6, 6.07) is -0.727. The van der Waals surface area contributed by atoms with Gasteiger partial charge in [-0.3, -0.25) is 4.79 Å². The van der Waals surface area contributed by atoms with Gasteiger partial charge in [-0.05, 0) is 19.3 Å². The zero-order chi connectivity index (χ0) is 13.4. The van der Waals surface area contributed by atoms with Crippen LogP contribution in [0.15, 0.2) is 0 Å². The van der Waals surface area contributed by atoms with Gasteiger partial charge in [-0.2, -0.15) is 0 Å². The molecule has 0 bridgehead atoms. The van der Waals surface area contributed by atoms with Crippen molar-refractivity contribution in [3.8, 4) is 0 Å². The number of amides is 1. The molecule has 1 atom stereocenters. The summed E-state index contributed by atoms with van der Waals surface area (Å²) in [7, 11) is 1.26. The molecule has 0 spiro atoms. The number of hydrogen-bond acceptors (Lipinski definition) is 4. The third-order valence-electron chi connectivity index (χ3n) is 2.20. The maximum Gasteiger partial charge on any atom is 0.328 e. The number of carbonyl (C=O) groups is 3. The molecule has 5 nitrogen and oxygen atoms in total. The highest BCUT2D eigenvalue weighted by Gasteiger charge is 2.21. The lowest BCUT2D eigenvalue weighted by Crippen LogP contribution is -2.42. The molecule has 0 aliphatic carbocycles. The fourth-order valence-electron chi connectivity index (χ4n) is 1.36. The van der Waals surface area contributed by atoms with Crippen LogP contribution in [0.1, 0.15) is 40.0 Å². The Morgan fingerprint density at radius 1 is 1.24 bits per heavy atom. The Hall–Kier alpha value is -1.39. The fourth-order valence-corrected chi connectivity index (χ4v) is 1.36. The smallest absolute Gasteiger partial charge is 0.328 e. The van der Waals surface area contributed by atoms with Crippen molar-refractivity contribution < 1.29 is 19.1 Å².